The maximum absolute atomic E-state index is 4.64. The number of nitrogens with one attached hydrogen (secondary N) is 1. The van der Waals surface area contributed by atoms with E-state index in [0.717, 1.165) is 24.4 Å². The van der Waals surface area contributed by atoms with E-state index in [9.17, 15) is 0 Å². The number of unbranched alkanes of at least 4 members (excludes halogenated alkanes) is 1. The lowest BCUT2D eigenvalue weighted by atomic mass is 10.3. The van der Waals surface area contributed by atoms with Crippen molar-refractivity contribution in [1.82, 2.24) is 14.9 Å². The van der Waals surface area contributed by atoms with Crippen LogP contribution in [0, 0.1) is 0 Å². The second-order valence-corrected chi connectivity index (χ2v) is 5.44. The number of thioether (sulfide) groups is 1. The van der Waals surface area contributed by atoms with Crippen LogP contribution in [0.3, 0.4) is 0 Å². The Morgan fingerprint density at radius 3 is 2.89 bits per heavy atom. The van der Waals surface area contributed by atoms with Gasteiger partial charge in [0.05, 0.1) is 17.6 Å². The van der Waals surface area contributed by atoms with E-state index in [1.807, 2.05) is 17.8 Å². The van der Waals surface area contributed by atoms with Gasteiger partial charge in [-0.3, -0.25) is 0 Å². The first-order valence-electron chi connectivity index (χ1n) is 6.43. The summed E-state index contributed by atoms with van der Waals surface area (Å²) in [4.78, 5) is 4.64. The van der Waals surface area contributed by atoms with Crippen LogP contribution in [-0.2, 0) is 13.6 Å². The Labute approximate surface area is 113 Å². The fourth-order valence-electron chi connectivity index (χ4n) is 2.05. The largest absolute Gasteiger partial charge is 0.330 e. The number of benzene rings is 1. The van der Waals surface area contributed by atoms with Crippen molar-refractivity contribution >= 4 is 22.8 Å². The third kappa shape index (κ3) is 3.27. The number of imidazole rings is 1. The zero-order valence-electron chi connectivity index (χ0n) is 11.1. The van der Waals surface area contributed by atoms with Crippen LogP contribution < -0.4 is 5.32 Å². The highest BCUT2D eigenvalue weighted by molar-refractivity contribution is 7.98. The van der Waals surface area contributed by atoms with Gasteiger partial charge in [0.15, 0.2) is 0 Å². The Kier molecular flexibility index (Phi) is 5.08. The second-order valence-electron chi connectivity index (χ2n) is 4.45. The van der Waals surface area contributed by atoms with Crippen molar-refractivity contribution in [3.05, 3.63) is 30.1 Å². The van der Waals surface area contributed by atoms with Crippen molar-refractivity contribution in [2.75, 3.05) is 18.6 Å². The van der Waals surface area contributed by atoms with E-state index < -0.39 is 0 Å². The summed E-state index contributed by atoms with van der Waals surface area (Å²) in [6.07, 6.45) is 4.69. The molecule has 1 N–H and O–H groups in total. The second kappa shape index (κ2) is 6.81. The predicted octanol–water partition coefficient (Wildman–Crippen LogP) is 2.81. The highest BCUT2D eigenvalue weighted by Crippen LogP contribution is 2.13. The van der Waals surface area contributed by atoms with E-state index >= 15 is 0 Å². The van der Waals surface area contributed by atoms with Gasteiger partial charge in [0, 0.05) is 7.05 Å². The maximum Gasteiger partial charge on any atom is 0.123 e. The number of hydrogen-bond acceptors (Lipinski definition) is 3. The van der Waals surface area contributed by atoms with Crippen molar-refractivity contribution in [2.24, 2.45) is 7.05 Å². The van der Waals surface area contributed by atoms with Gasteiger partial charge in [0.25, 0.3) is 0 Å². The number of fused-ring (bicyclic) bond motifs is 1. The van der Waals surface area contributed by atoms with E-state index in [0.29, 0.717) is 0 Å². The van der Waals surface area contributed by atoms with E-state index in [-0.39, 0.29) is 0 Å². The Bertz CT molecular complexity index is 493. The van der Waals surface area contributed by atoms with Gasteiger partial charge < -0.3 is 9.88 Å². The van der Waals surface area contributed by atoms with Crippen LogP contribution in [0.1, 0.15) is 18.7 Å². The van der Waals surface area contributed by atoms with Crippen LogP contribution >= 0.6 is 11.8 Å². The summed E-state index contributed by atoms with van der Waals surface area (Å²) >= 11 is 1.92. The van der Waals surface area contributed by atoms with Gasteiger partial charge in [-0.25, -0.2) is 4.98 Å². The molecule has 2 aromatic rings. The summed E-state index contributed by atoms with van der Waals surface area (Å²) in [6.45, 7) is 1.92. The molecule has 0 saturated heterocycles. The lowest BCUT2D eigenvalue weighted by molar-refractivity contribution is 0.613. The summed E-state index contributed by atoms with van der Waals surface area (Å²) in [6, 6.07) is 8.28. The average molecular weight is 263 g/mol. The van der Waals surface area contributed by atoms with Crippen LogP contribution in [0.5, 0.6) is 0 Å². The van der Waals surface area contributed by atoms with Crippen LogP contribution in [-0.4, -0.2) is 28.1 Å². The molecule has 98 valence electrons. The number of hydrogen-bond donors (Lipinski definition) is 1. The molecule has 4 heteroatoms. The number of nitrogens with zero attached hydrogens (tertiary/aromatic N) is 2. The Morgan fingerprint density at radius 2 is 2.11 bits per heavy atom. The van der Waals surface area contributed by atoms with Gasteiger partial charge in [0.1, 0.15) is 5.82 Å². The molecule has 1 aromatic carbocycles. The minimum atomic E-state index is 0.852. The van der Waals surface area contributed by atoms with Gasteiger partial charge in [-0.2, -0.15) is 11.8 Å². The first kappa shape index (κ1) is 13.4. The standard InChI is InChI=1S/C14H21N3S/c1-17-13-8-4-3-7-12(13)16-14(17)11-15-9-5-6-10-18-2/h3-4,7-8,15H,5-6,9-11H2,1-2H3. The molecule has 1 heterocycles. The number of para-hydroxylation sites is 2. The molecule has 18 heavy (non-hydrogen) atoms. The molecule has 0 amide bonds. The summed E-state index contributed by atoms with van der Waals surface area (Å²) in [7, 11) is 2.08. The Balaban J connectivity index is 1.86. The van der Waals surface area contributed by atoms with E-state index in [1.165, 1.54) is 24.1 Å². The van der Waals surface area contributed by atoms with Gasteiger partial charge >= 0.3 is 0 Å². The quantitative estimate of drug-likeness (QED) is 0.779. The summed E-state index contributed by atoms with van der Waals surface area (Å²) in [5.41, 5.74) is 2.29. The Morgan fingerprint density at radius 1 is 1.28 bits per heavy atom. The highest BCUT2D eigenvalue weighted by Gasteiger charge is 2.05. The van der Waals surface area contributed by atoms with Crippen molar-refractivity contribution in [1.29, 1.82) is 0 Å². The Hall–Kier alpha value is -1.00. The van der Waals surface area contributed by atoms with Crippen molar-refractivity contribution in [3.8, 4) is 0 Å². The molecule has 0 spiro atoms. The van der Waals surface area contributed by atoms with Gasteiger partial charge in [-0.05, 0) is 43.5 Å². The molecule has 0 unspecified atom stereocenters. The summed E-state index contributed by atoms with van der Waals surface area (Å²) in [5.74, 6) is 2.37. The van der Waals surface area contributed by atoms with Crippen molar-refractivity contribution in [3.63, 3.8) is 0 Å². The third-order valence-corrected chi connectivity index (χ3v) is 3.81. The molecule has 0 atom stereocenters. The van der Waals surface area contributed by atoms with E-state index in [4.69, 9.17) is 0 Å². The molecule has 0 aliphatic rings. The average Bonchev–Trinajstić information content (AvgIpc) is 2.71. The zero-order chi connectivity index (χ0) is 12.8. The monoisotopic (exact) mass is 263 g/mol. The van der Waals surface area contributed by atoms with E-state index in [2.05, 4.69) is 46.4 Å². The molecule has 0 fully saturated rings. The topological polar surface area (TPSA) is 29.9 Å². The molecule has 0 saturated carbocycles. The lowest BCUT2D eigenvalue weighted by Crippen LogP contribution is -2.17. The molecule has 1 aromatic heterocycles. The normalized spacial score (nSPS) is 11.2. The third-order valence-electron chi connectivity index (χ3n) is 3.11. The number of aromatic nitrogens is 2. The first-order valence-corrected chi connectivity index (χ1v) is 7.82. The minimum Gasteiger partial charge on any atom is -0.330 e. The summed E-state index contributed by atoms with van der Waals surface area (Å²) < 4.78 is 2.17. The van der Waals surface area contributed by atoms with Gasteiger partial charge in [0.2, 0.25) is 0 Å². The summed E-state index contributed by atoms with van der Waals surface area (Å²) in [5, 5.41) is 3.47. The molecular weight excluding hydrogens is 242 g/mol. The number of aryl methyl sites for hydroxylation is 1. The lowest BCUT2D eigenvalue weighted by Gasteiger charge is -2.04. The fourth-order valence-corrected chi connectivity index (χ4v) is 2.54. The molecule has 0 bridgehead atoms. The van der Waals surface area contributed by atoms with Crippen molar-refractivity contribution < 1.29 is 0 Å². The van der Waals surface area contributed by atoms with Crippen LogP contribution in [0.2, 0.25) is 0 Å². The molecule has 0 aliphatic carbocycles. The predicted molar refractivity (Wildman–Crippen MR) is 80.0 cm³/mol. The molecule has 3 nitrogen and oxygen atoms in total. The van der Waals surface area contributed by atoms with E-state index in [1.54, 1.807) is 0 Å². The first-order chi connectivity index (χ1) is 8.83. The fraction of sp³-hybridized carbons (Fsp3) is 0.500. The smallest absolute Gasteiger partial charge is 0.123 e. The molecular formula is C14H21N3S. The minimum absolute atomic E-state index is 0.852. The zero-order valence-corrected chi connectivity index (χ0v) is 12.0. The number of rotatable bonds is 7. The van der Waals surface area contributed by atoms with Gasteiger partial charge in [-0.15, -0.1) is 0 Å². The maximum atomic E-state index is 4.64. The SMILES string of the molecule is CSCCCCNCc1nc2ccccc2n1C. The van der Waals surface area contributed by atoms with Gasteiger partial charge in [-0.1, -0.05) is 12.1 Å². The molecule has 2 rings (SSSR count). The molecule has 0 radical (unpaired) electrons. The van der Waals surface area contributed by atoms with Crippen LogP contribution in [0.4, 0.5) is 0 Å². The highest BCUT2D eigenvalue weighted by atomic mass is 32.2. The van der Waals surface area contributed by atoms with Crippen molar-refractivity contribution in [2.45, 2.75) is 19.4 Å². The molecule has 0 aliphatic heterocycles. The van der Waals surface area contributed by atoms with Crippen LogP contribution in [0.25, 0.3) is 11.0 Å². The van der Waals surface area contributed by atoms with Crippen LogP contribution in [0.15, 0.2) is 24.3 Å².